The number of benzene rings is 2. The fourth-order valence-electron chi connectivity index (χ4n) is 1.48. The van der Waals surface area contributed by atoms with Crippen molar-refractivity contribution in [3.05, 3.63) is 76.6 Å². The van der Waals surface area contributed by atoms with E-state index in [0.29, 0.717) is 5.56 Å². The fraction of sp³-hybridized carbons (Fsp3) is 0. The van der Waals surface area contributed by atoms with Crippen molar-refractivity contribution in [2.24, 2.45) is 0 Å². The number of carbonyl (C=O) groups excluding carboxylic acids is 1. The first-order chi connectivity index (χ1) is 8.66. The second-order valence-corrected chi connectivity index (χ2v) is 4.14. The summed E-state index contributed by atoms with van der Waals surface area (Å²) in [6, 6.07) is 13.4. The molecule has 1 nitrogen and oxygen atoms in total. The van der Waals surface area contributed by atoms with E-state index in [1.807, 2.05) is 30.3 Å². The molecule has 0 radical (unpaired) electrons. The van der Waals surface area contributed by atoms with Crippen LogP contribution in [-0.4, -0.2) is 5.78 Å². The van der Waals surface area contributed by atoms with Gasteiger partial charge < -0.3 is 0 Å². The quantitative estimate of drug-likeness (QED) is 0.591. The topological polar surface area (TPSA) is 17.1 Å². The molecule has 18 heavy (non-hydrogen) atoms. The van der Waals surface area contributed by atoms with Crippen molar-refractivity contribution < 1.29 is 9.18 Å². The van der Waals surface area contributed by atoms with Gasteiger partial charge in [-0.3, -0.25) is 4.79 Å². The van der Waals surface area contributed by atoms with Crippen LogP contribution in [0.1, 0.15) is 15.9 Å². The van der Waals surface area contributed by atoms with Crippen LogP contribution in [0.5, 0.6) is 0 Å². The molecule has 0 aromatic heterocycles. The van der Waals surface area contributed by atoms with E-state index in [1.54, 1.807) is 6.08 Å². The summed E-state index contributed by atoms with van der Waals surface area (Å²) in [6.45, 7) is 0. The van der Waals surface area contributed by atoms with Gasteiger partial charge in [0.05, 0.1) is 5.02 Å². The predicted molar refractivity (Wildman–Crippen MR) is 71.2 cm³/mol. The average molecular weight is 261 g/mol. The SMILES string of the molecule is O=C(C=Cc1ccccc1)c1ccc(F)c(Cl)c1. The Labute approximate surface area is 110 Å². The summed E-state index contributed by atoms with van der Waals surface area (Å²) < 4.78 is 13.0. The molecule has 0 atom stereocenters. The van der Waals surface area contributed by atoms with Gasteiger partial charge in [0, 0.05) is 5.56 Å². The van der Waals surface area contributed by atoms with Crippen LogP contribution in [0, 0.1) is 5.82 Å². The van der Waals surface area contributed by atoms with Crippen LogP contribution < -0.4 is 0 Å². The van der Waals surface area contributed by atoms with Crippen molar-refractivity contribution in [1.29, 1.82) is 0 Å². The third-order valence-electron chi connectivity index (χ3n) is 2.43. The minimum atomic E-state index is -0.528. The Hall–Kier alpha value is -1.93. The van der Waals surface area contributed by atoms with Crippen molar-refractivity contribution in [3.63, 3.8) is 0 Å². The van der Waals surface area contributed by atoms with Crippen LogP contribution >= 0.6 is 11.6 Å². The smallest absolute Gasteiger partial charge is 0.185 e. The highest BCUT2D eigenvalue weighted by atomic mass is 35.5. The van der Waals surface area contributed by atoms with Gasteiger partial charge in [0.15, 0.2) is 5.78 Å². The van der Waals surface area contributed by atoms with Gasteiger partial charge in [-0.05, 0) is 29.8 Å². The van der Waals surface area contributed by atoms with Crippen molar-refractivity contribution in [2.75, 3.05) is 0 Å². The number of carbonyl (C=O) groups is 1. The minimum absolute atomic E-state index is 0.0473. The molecule has 0 unspecified atom stereocenters. The van der Waals surface area contributed by atoms with Gasteiger partial charge in [0.2, 0.25) is 0 Å². The number of allylic oxidation sites excluding steroid dienone is 1. The molecule has 0 saturated carbocycles. The van der Waals surface area contributed by atoms with Crippen LogP contribution in [0.4, 0.5) is 4.39 Å². The molecule has 0 amide bonds. The van der Waals surface area contributed by atoms with Crippen molar-refractivity contribution >= 4 is 23.5 Å². The normalized spacial score (nSPS) is 10.8. The summed E-state index contributed by atoms with van der Waals surface area (Å²) in [4.78, 5) is 11.8. The van der Waals surface area contributed by atoms with Crippen molar-refractivity contribution in [3.8, 4) is 0 Å². The summed E-state index contributed by atoms with van der Waals surface area (Å²) in [5.41, 5.74) is 1.30. The van der Waals surface area contributed by atoms with E-state index in [2.05, 4.69) is 0 Å². The summed E-state index contributed by atoms with van der Waals surface area (Å²) in [7, 11) is 0. The van der Waals surface area contributed by atoms with E-state index in [-0.39, 0.29) is 10.8 Å². The van der Waals surface area contributed by atoms with Crippen LogP contribution in [0.25, 0.3) is 6.08 Å². The van der Waals surface area contributed by atoms with Crippen LogP contribution in [0.2, 0.25) is 5.02 Å². The second kappa shape index (κ2) is 5.61. The lowest BCUT2D eigenvalue weighted by Gasteiger charge is -1.98. The Morgan fingerprint density at radius 2 is 1.83 bits per heavy atom. The minimum Gasteiger partial charge on any atom is -0.289 e. The molecule has 0 heterocycles. The van der Waals surface area contributed by atoms with Gasteiger partial charge in [-0.15, -0.1) is 0 Å². The lowest BCUT2D eigenvalue weighted by Crippen LogP contribution is -1.94. The molecule has 0 bridgehead atoms. The molecule has 0 aliphatic carbocycles. The molecule has 0 fully saturated rings. The standard InChI is InChI=1S/C15H10ClFO/c16-13-10-12(7-8-14(13)17)15(18)9-6-11-4-2-1-3-5-11/h1-10H. The maximum atomic E-state index is 13.0. The highest BCUT2D eigenvalue weighted by Crippen LogP contribution is 2.16. The van der Waals surface area contributed by atoms with Gasteiger partial charge in [-0.2, -0.15) is 0 Å². The third kappa shape index (κ3) is 3.05. The molecule has 0 aliphatic rings. The largest absolute Gasteiger partial charge is 0.289 e. The average Bonchev–Trinajstić information content (AvgIpc) is 2.40. The maximum absolute atomic E-state index is 13.0. The van der Waals surface area contributed by atoms with E-state index in [1.165, 1.54) is 24.3 Å². The Kier molecular flexibility index (Phi) is 3.90. The van der Waals surface area contributed by atoms with Gasteiger partial charge in [0.1, 0.15) is 5.82 Å². The molecular weight excluding hydrogens is 251 g/mol. The van der Waals surface area contributed by atoms with E-state index in [0.717, 1.165) is 5.56 Å². The predicted octanol–water partition coefficient (Wildman–Crippen LogP) is 4.38. The Bertz CT molecular complexity index is 591. The molecule has 0 saturated heterocycles. The van der Waals surface area contributed by atoms with Crippen molar-refractivity contribution in [2.45, 2.75) is 0 Å². The maximum Gasteiger partial charge on any atom is 0.185 e. The molecule has 0 spiro atoms. The van der Waals surface area contributed by atoms with Crippen molar-refractivity contribution in [1.82, 2.24) is 0 Å². The molecule has 3 heteroatoms. The highest BCUT2D eigenvalue weighted by molar-refractivity contribution is 6.31. The number of rotatable bonds is 3. The first kappa shape index (κ1) is 12.5. The first-order valence-corrected chi connectivity index (χ1v) is 5.77. The zero-order chi connectivity index (χ0) is 13.0. The Morgan fingerprint density at radius 1 is 1.11 bits per heavy atom. The third-order valence-corrected chi connectivity index (χ3v) is 2.72. The number of ketones is 1. The first-order valence-electron chi connectivity index (χ1n) is 5.39. The number of hydrogen-bond acceptors (Lipinski definition) is 1. The molecule has 0 aliphatic heterocycles. The number of halogens is 2. The van der Waals surface area contributed by atoms with Gasteiger partial charge in [-0.25, -0.2) is 4.39 Å². The zero-order valence-electron chi connectivity index (χ0n) is 9.44. The number of hydrogen-bond donors (Lipinski definition) is 0. The monoisotopic (exact) mass is 260 g/mol. The van der Waals surface area contributed by atoms with Crippen LogP contribution in [0.15, 0.2) is 54.6 Å². The summed E-state index contributed by atoms with van der Waals surface area (Å²) in [5.74, 6) is -0.735. The Balaban J connectivity index is 2.17. The molecule has 0 N–H and O–H groups in total. The summed E-state index contributed by atoms with van der Waals surface area (Å²) >= 11 is 5.62. The van der Waals surface area contributed by atoms with Gasteiger partial charge in [-0.1, -0.05) is 48.0 Å². The lowest BCUT2D eigenvalue weighted by atomic mass is 10.1. The van der Waals surface area contributed by atoms with E-state index < -0.39 is 5.82 Å². The summed E-state index contributed by atoms with van der Waals surface area (Å²) in [6.07, 6.45) is 3.15. The van der Waals surface area contributed by atoms with E-state index in [4.69, 9.17) is 11.6 Å². The second-order valence-electron chi connectivity index (χ2n) is 3.74. The van der Waals surface area contributed by atoms with Crippen LogP contribution in [-0.2, 0) is 0 Å². The van der Waals surface area contributed by atoms with E-state index in [9.17, 15) is 9.18 Å². The Morgan fingerprint density at radius 3 is 2.50 bits per heavy atom. The summed E-state index contributed by atoms with van der Waals surface area (Å²) in [5, 5.41) is -0.0473. The molecule has 2 aromatic carbocycles. The van der Waals surface area contributed by atoms with Gasteiger partial charge in [0.25, 0.3) is 0 Å². The molecule has 2 rings (SSSR count). The van der Waals surface area contributed by atoms with Gasteiger partial charge >= 0.3 is 0 Å². The van der Waals surface area contributed by atoms with Crippen LogP contribution in [0.3, 0.4) is 0 Å². The molecular formula is C15H10ClFO. The molecule has 2 aromatic rings. The molecule has 90 valence electrons. The zero-order valence-corrected chi connectivity index (χ0v) is 10.2. The lowest BCUT2D eigenvalue weighted by molar-refractivity contribution is 0.104. The van der Waals surface area contributed by atoms with E-state index >= 15 is 0 Å². The fourth-order valence-corrected chi connectivity index (χ4v) is 1.66. The highest BCUT2D eigenvalue weighted by Gasteiger charge is 2.05.